The molecule has 0 atom stereocenters. The molecule has 0 spiro atoms. The second-order valence-electron chi connectivity index (χ2n) is 7.39. The van der Waals surface area contributed by atoms with Crippen LogP contribution in [0.25, 0.3) is 0 Å². The lowest BCUT2D eigenvalue weighted by Crippen LogP contribution is -2.26. The first-order chi connectivity index (χ1) is 12.1. The van der Waals surface area contributed by atoms with Crippen LogP contribution in [0.1, 0.15) is 42.3 Å². The Morgan fingerprint density at radius 1 is 1.04 bits per heavy atom. The number of hydrogen-bond donors (Lipinski definition) is 0. The molecule has 0 heterocycles. The molecule has 0 fully saturated rings. The number of amides is 1. The van der Waals surface area contributed by atoms with E-state index in [1.54, 1.807) is 26.2 Å². The van der Waals surface area contributed by atoms with Gasteiger partial charge >= 0.3 is 6.09 Å². The standard InChI is InChI=1S/C21H25NO3S/c1-14-12-16(21(2,3)4)13-17(18(14)25-20(24)22(5)6)26-19(23)15-10-8-7-9-11-15/h7-13H,1-6H3. The van der Waals surface area contributed by atoms with Crippen molar-refractivity contribution in [3.05, 3.63) is 59.2 Å². The van der Waals surface area contributed by atoms with Crippen molar-refractivity contribution in [2.75, 3.05) is 14.1 Å². The van der Waals surface area contributed by atoms with Gasteiger partial charge < -0.3 is 9.64 Å². The van der Waals surface area contributed by atoms with Gasteiger partial charge in [0.2, 0.25) is 5.12 Å². The third kappa shape index (κ3) is 4.88. The summed E-state index contributed by atoms with van der Waals surface area (Å²) < 4.78 is 5.56. The summed E-state index contributed by atoms with van der Waals surface area (Å²) in [4.78, 5) is 26.8. The molecule has 0 aliphatic heterocycles. The van der Waals surface area contributed by atoms with Crippen LogP contribution in [0.15, 0.2) is 47.4 Å². The van der Waals surface area contributed by atoms with Gasteiger partial charge in [0.1, 0.15) is 5.75 Å². The molecule has 2 aromatic carbocycles. The maximum absolute atomic E-state index is 12.7. The molecule has 5 heteroatoms. The normalized spacial score (nSPS) is 11.2. The van der Waals surface area contributed by atoms with Crippen LogP contribution in [0.4, 0.5) is 4.79 Å². The molecule has 0 unspecified atom stereocenters. The number of aryl methyl sites for hydroxylation is 1. The Labute approximate surface area is 159 Å². The molecule has 1 amide bonds. The molecule has 0 saturated heterocycles. The number of nitrogens with zero attached hydrogens (tertiary/aromatic N) is 1. The molecule has 26 heavy (non-hydrogen) atoms. The summed E-state index contributed by atoms with van der Waals surface area (Å²) >= 11 is 1.09. The van der Waals surface area contributed by atoms with E-state index in [1.807, 2.05) is 37.3 Å². The average Bonchev–Trinajstić information content (AvgIpc) is 2.57. The van der Waals surface area contributed by atoms with Gasteiger partial charge in [-0.25, -0.2) is 4.79 Å². The van der Waals surface area contributed by atoms with Gasteiger partial charge in [0, 0.05) is 19.7 Å². The zero-order chi connectivity index (χ0) is 19.5. The molecule has 0 aromatic heterocycles. The summed E-state index contributed by atoms with van der Waals surface area (Å²) in [6.45, 7) is 8.23. The monoisotopic (exact) mass is 371 g/mol. The quantitative estimate of drug-likeness (QED) is 0.688. The Balaban J connectivity index is 2.47. The highest BCUT2D eigenvalue weighted by Gasteiger charge is 2.22. The number of hydrogen-bond acceptors (Lipinski definition) is 4. The predicted octanol–water partition coefficient (Wildman–Crippen LogP) is 5.29. The highest BCUT2D eigenvalue weighted by molar-refractivity contribution is 8.14. The van der Waals surface area contributed by atoms with E-state index in [1.165, 1.54) is 4.90 Å². The Hall–Kier alpha value is -2.27. The second kappa shape index (κ2) is 7.96. The van der Waals surface area contributed by atoms with E-state index in [9.17, 15) is 9.59 Å². The van der Waals surface area contributed by atoms with Crippen molar-refractivity contribution in [2.24, 2.45) is 0 Å². The molecule has 2 rings (SSSR count). The number of rotatable bonds is 3. The van der Waals surface area contributed by atoms with Gasteiger partial charge in [-0.15, -0.1) is 0 Å². The third-order valence-corrected chi connectivity index (χ3v) is 4.82. The first-order valence-corrected chi connectivity index (χ1v) is 9.22. The van der Waals surface area contributed by atoms with Crippen LogP contribution in [0.3, 0.4) is 0 Å². The van der Waals surface area contributed by atoms with Crippen molar-refractivity contribution >= 4 is 23.0 Å². The molecule has 0 radical (unpaired) electrons. The molecule has 0 aliphatic carbocycles. The fourth-order valence-electron chi connectivity index (χ4n) is 2.29. The van der Waals surface area contributed by atoms with Gasteiger partial charge in [0.05, 0.1) is 4.90 Å². The number of benzene rings is 2. The van der Waals surface area contributed by atoms with E-state index in [0.29, 0.717) is 16.2 Å². The molecule has 0 aliphatic rings. The molecular formula is C21H25NO3S. The zero-order valence-corrected chi connectivity index (χ0v) is 16.9. The summed E-state index contributed by atoms with van der Waals surface area (Å²) in [5, 5.41) is -0.0850. The van der Waals surface area contributed by atoms with E-state index in [4.69, 9.17) is 4.74 Å². The molecule has 4 nitrogen and oxygen atoms in total. The van der Waals surface area contributed by atoms with Crippen molar-refractivity contribution in [1.29, 1.82) is 0 Å². The van der Waals surface area contributed by atoms with Crippen LogP contribution < -0.4 is 4.74 Å². The predicted molar refractivity (Wildman–Crippen MR) is 106 cm³/mol. The maximum atomic E-state index is 12.7. The van der Waals surface area contributed by atoms with Gasteiger partial charge in [0.25, 0.3) is 0 Å². The third-order valence-electron chi connectivity index (χ3n) is 3.87. The minimum absolute atomic E-state index is 0.0834. The van der Waals surface area contributed by atoms with Crippen LogP contribution >= 0.6 is 11.8 Å². The smallest absolute Gasteiger partial charge is 0.409 e. The number of carbonyl (C=O) groups is 2. The van der Waals surface area contributed by atoms with Crippen LogP contribution in [0.5, 0.6) is 5.75 Å². The Morgan fingerprint density at radius 3 is 2.19 bits per heavy atom. The minimum Gasteiger partial charge on any atom is -0.409 e. The Morgan fingerprint density at radius 2 is 1.65 bits per heavy atom. The number of ether oxygens (including phenoxy) is 1. The first-order valence-electron chi connectivity index (χ1n) is 8.41. The maximum Gasteiger partial charge on any atom is 0.414 e. The molecule has 0 N–H and O–H groups in total. The van der Waals surface area contributed by atoms with Gasteiger partial charge in [0.15, 0.2) is 0 Å². The van der Waals surface area contributed by atoms with E-state index in [-0.39, 0.29) is 10.5 Å². The molecule has 0 saturated carbocycles. The summed E-state index contributed by atoms with van der Waals surface area (Å²) in [6, 6.07) is 13.0. The van der Waals surface area contributed by atoms with E-state index in [0.717, 1.165) is 22.9 Å². The largest absolute Gasteiger partial charge is 0.414 e. The van der Waals surface area contributed by atoms with Crippen LogP contribution in [0.2, 0.25) is 0 Å². The van der Waals surface area contributed by atoms with Crippen molar-refractivity contribution in [3.63, 3.8) is 0 Å². The summed E-state index contributed by atoms with van der Waals surface area (Å²) in [5.74, 6) is 0.436. The fraction of sp³-hybridized carbons (Fsp3) is 0.333. The number of thioether (sulfide) groups is 1. The molecular weight excluding hydrogens is 346 g/mol. The summed E-state index contributed by atoms with van der Waals surface area (Å²) in [6.07, 6.45) is -0.467. The summed E-state index contributed by atoms with van der Waals surface area (Å²) in [7, 11) is 3.26. The Bertz CT molecular complexity index is 808. The lowest BCUT2D eigenvalue weighted by molar-refractivity contribution is 0.108. The highest BCUT2D eigenvalue weighted by Crippen LogP contribution is 2.38. The van der Waals surface area contributed by atoms with E-state index in [2.05, 4.69) is 20.8 Å². The summed E-state index contributed by atoms with van der Waals surface area (Å²) in [5.41, 5.74) is 2.44. The SMILES string of the molecule is Cc1cc(C(C)(C)C)cc(SC(=O)c2ccccc2)c1OC(=O)N(C)C. The minimum atomic E-state index is -0.467. The topological polar surface area (TPSA) is 46.6 Å². The van der Waals surface area contributed by atoms with Crippen LogP contribution in [-0.4, -0.2) is 30.2 Å². The van der Waals surface area contributed by atoms with Crippen LogP contribution in [-0.2, 0) is 5.41 Å². The Kier molecular flexibility index (Phi) is 6.13. The average molecular weight is 372 g/mol. The molecule has 2 aromatic rings. The van der Waals surface area contributed by atoms with Crippen molar-refractivity contribution in [1.82, 2.24) is 4.90 Å². The van der Waals surface area contributed by atoms with Gasteiger partial charge in [-0.2, -0.15) is 0 Å². The highest BCUT2D eigenvalue weighted by atomic mass is 32.2. The van der Waals surface area contributed by atoms with E-state index < -0.39 is 6.09 Å². The van der Waals surface area contributed by atoms with Crippen LogP contribution in [0, 0.1) is 6.92 Å². The van der Waals surface area contributed by atoms with Gasteiger partial charge in [-0.05, 0) is 41.3 Å². The lowest BCUT2D eigenvalue weighted by Gasteiger charge is -2.23. The van der Waals surface area contributed by atoms with E-state index >= 15 is 0 Å². The van der Waals surface area contributed by atoms with Crippen molar-refractivity contribution in [2.45, 2.75) is 38.0 Å². The van der Waals surface area contributed by atoms with Crippen molar-refractivity contribution in [3.8, 4) is 5.75 Å². The van der Waals surface area contributed by atoms with Gasteiger partial charge in [-0.1, -0.05) is 57.2 Å². The lowest BCUT2D eigenvalue weighted by atomic mass is 9.86. The second-order valence-corrected chi connectivity index (χ2v) is 8.40. The van der Waals surface area contributed by atoms with Gasteiger partial charge in [-0.3, -0.25) is 4.79 Å². The first kappa shape index (κ1) is 20.0. The van der Waals surface area contributed by atoms with Crippen molar-refractivity contribution < 1.29 is 14.3 Å². The molecule has 0 bridgehead atoms. The zero-order valence-electron chi connectivity index (χ0n) is 16.1. The fourth-order valence-corrected chi connectivity index (χ4v) is 3.23. The molecule has 138 valence electrons. The number of carbonyl (C=O) groups excluding carboxylic acids is 2.